The molecule has 16 heteroatoms. The number of ether oxygens (including phenoxy) is 2. The van der Waals surface area contributed by atoms with Crippen LogP contribution in [-0.2, 0) is 49.7 Å². The predicted octanol–water partition coefficient (Wildman–Crippen LogP) is -2.51. The van der Waals surface area contributed by atoms with E-state index in [1.54, 1.807) is 15.7 Å². The highest BCUT2D eigenvalue weighted by Gasteiger charge is 2.52. The molecule has 0 saturated heterocycles. The molecule has 0 spiro atoms. The van der Waals surface area contributed by atoms with Crippen LogP contribution in [-0.4, -0.2) is 85.3 Å². The van der Waals surface area contributed by atoms with Crippen LogP contribution in [0.1, 0.15) is 49.9 Å². The van der Waals surface area contributed by atoms with Gasteiger partial charge in [-0.3, -0.25) is 4.55 Å². The first kappa shape index (κ1) is 28.7. The van der Waals surface area contributed by atoms with Crippen LogP contribution in [0.5, 0.6) is 0 Å². The second-order valence-corrected chi connectivity index (χ2v) is 8.62. The Labute approximate surface area is 194 Å². The van der Waals surface area contributed by atoms with Crippen molar-refractivity contribution in [2.24, 2.45) is 0 Å². The molecule has 0 aliphatic carbocycles. The summed E-state index contributed by atoms with van der Waals surface area (Å²) in [7, 11) is 1.35. The van der Waals surface area contributed by atoms with Gasteiger partial charge in [0.1, 0.15) is 31.4 Å². The fourth-order valence-corrected chi connectivity index (χ4v) is 4.24. The van der Waals surface area contributed by atoms with Crippen molar-refractivity contribution in [3.63, 3.8) is 0 Å². The van der Waals surface area contributed by atoms with Crippen molar-refractivity contribution in [1.29, 1.82) is 0 Å². The Balaban J connectivity index is 3.33. The van der Waals surface area contributed by atoms with Gasteiger partial charge in [0, 0.05) is 0 Å². The number of carbonyl (C=O) groups excluding carboxylic acids is 2. The zero-order valence-electron chi connectivity index (χ0n) is 19.0. The molecule has 1 aromatic carbocycles. The molecule has 9 nitrogen and oxygen atoms in total. The van der Waals surface area contributed by atoms with Crippen molar-refractivity contribution in [2.75, 3.05) is 6.61 Å². The zero-order valence-corrected chi connectivity index (χ0v) is 19.8. The van der Waals surface area contributed by atoms with E-state index in [1.807, 2.05) is 15.7 Å². The number of carboxylic acid groups (broad SMARTS) is 1. The molecule has 1 atom stereocenters. The van der Waals surface area contributed by atoms with Crippen molar-refractivity contribution >= 4 is 59.4 Å². The molecule has 0 aliphatic heterocycles. The second-order valence-electron chi connectivity index (χ2n) is 7.13. The van der Waals surface area contributed by atoms with Crippen LogP contribution < -0.4 is 0 Å². The van der Waals surface area contributed by atoms with Crippen LogP contribution in [0, 0.1) is 0 Å². The van der Waals surface area contributed by atoms with Crippen molar-refractivity contribution in [3.05, 3.63) is 33.4 Å². The number of hydrogen-bond donors (Lipinski definition) is 2. The molecule has 0 saturated carbocycles. The molecule has 0 radical (unpaired) electrons. The van der Waals surface area contributed by atoms with Gasteiger partial charge in [-0.1, -0.05) is 25.3 Å². The minimum atomic E-state index is -5.85. The Morgan fingerprint density at radius 3 is 1.73 bits per heavy atom. The Morgan fingerprint density at radius 2 is 1.36 bits per heavy atom. The van der Waals surface area contributed by atoms with E-state index in [0.29, 0.717) is 43.3 Å². The third-order valence-corrected chi connectivity index (χ3v) is 6.24. The third-order valence-electron chi connectivity index (χ3n) is 5.23. The van der Waals surface area contributed by atoms with Gasteiger partial charge in [-0.2, -0.15) is 17.2 Å². The van der Waals surface area contributed by atoms with Gasteiger partial charge in [-0.15, -0.1) is 0 Å². The zero-order chi connectivity index (χ0) is 25.7. The first-order chi connectivity index (χ1) is 15.2. The van der Waals surface area contributed by atoms with Crippen LogP contribution in [0.2, 0.25) is 0 Å². The quantitative estimate of drug-likeness (QED) is 0.197. The van der Waals surface area contributed by atoms with Crippen molar-refractivity contribution in [3.8, 4) is 0 Å². The molecule has 178 valence electrons. The fraction of sp³-hybridized carbons (Fsp3) is 0.471. The Kier molecular flexibility index (Phi) is 9.73. The van der Waals surface area contributed by atoms with E-state index < -0.39 is 46.0 Å². The average molecular weight is 486 g/mol. The van der Waals surface area contributed by atoms with Crippen LogP contribution in [0.15, 0.2) is 0 Å². The smallest absolute Gasteiger partial charge is 0.405 e. The third kappa shape index (κ3) is 5.97. The summed E-state index contributed by atoms with van der Waals surface area (Å²) in [4.78, 5) is 36.8. The molecular formula is C17H24B4F2O9S. The minimum absolute atomic E-state index is 0.222. The highest BCUT2D eigenvalue weighted by atomic mass is 32.2. The van der Waals surface area contributed by atoms with Gasteiger partial charge in [0.25, 0.3) is 0 Å². The van der Waals surface area contributed by atoms with Crippen molar-refractivity contribution in [2.45, 2.75) is 43.6 Å². The largest absolute Gasteiger partial charge is 0.478 e. The monoisotopic (exact) mass is 486 g/mol. The highest BCUT2D eigenvalue weighted by Crippen LogP contribution is 2.31. The number of rotatable bonds is 11. The fourth-order valence-electron chi connectivity index (χ4n) is 3.77. The van der Waals surface area contributed by atoms with Crippen molar-refractivity contribution in [1.82, 2.24) is 0 Å². The average Bonchev–Trinajstić information content (AvgIpc) is 2.73. The highest BCUT2D eigenvalue weighted by molar-refractivity contribution is 7.86. The number of benzene rings is 1. The second kappa shape index (κ2) is 11.2. The molecular weight excluding hydrogens is 461 g/mol. The molecule has 1 unspecified atom stereocenters. The van der Waals surface area contributed by atoms with Gasteiger partial charge < -0.3 is 14.6 Å². The molecule has 0 amide bonds. The number of hydrogen-bond acceptors (Lipinski definition) is 7. The molecule has 2 N–H and O–H groups in total. The summed E-state index contributed by atoms with van der Waals surface area (Å²) in [6, 6.07) is 0. The Hall–Kier alpha value is -2.34. The van der Waals surface area contributed by atoms with Gasteiger partial charge in [-0.25, -0.2) is 14.4 Å². The molecule has 0 bridgehead atoms. The number of carboxylic acids is 1. The predicted molar refractivity (Wildman–Crippen MR) is 125 cm³/mol. The van der Waals surface area contributed by atoms with E-state index in [1.165, 1.54) is 0 Å². The van der Waals surface area contributed by atoms with Crippen LogP contribution in [0.4, 0.5) is 8.78 Å². The van der Waals surface area contributed by atoms with E-state index in [2.05, 4.69) is 4.74 Å². The summed E-state index contributed by atoms with van der Waals surface area (Å²) in [6.45, 7) is -0.638. The Morgan fingerprint density at radius 1 is 0.939 bits per heavy atom. The molecule has 0 aromatic heterocycles. The number of alkyl halides is 2. The standard InChI is InChI=1S/C17H24B4F2O9S/c1-7(17(22,23)33(28,29)30)32-12(24)6-31-16(27)14-11(5-21)9(3-19)8(2-18)10(4-20)13(14)15(25)26/h7H,2-6,18-21H2,1H3,(H,25,26)(H,28,29,30). The van der Waals surface area contributed by atoms with E-state index in [9.17, 15) is 36.7 Å². The minimum Gasteiger partial charge on any atom is -0.478 e. The van der Waals surface area contributed by atoms with E-state index in [0.717, 1.165) is 11.1 Å². The van der Waals surface area contributed by atoms with Crippen molar-refractivity contribution < 1.29 is 50.7 Å². The maximum atomic E-state index is 13.5. The number of aromatic carboxylic acids is 1. The molecule has 0 fully saturated rings. The SMILES string of the molecule is BCc1c(CB)c(CB)c(C(=O)OCC(=O)OC(C)C(F)(F)S(=O)(=O)O)c(C(=O)O)c1CB. The molecule has 1 aromatic rings. The van der Waals surface area contributed by atoms with Gasteiger partial charge in [-0.05, 0) is 29.2 Å². The summed E-state index contributed by atoms with van der Waals surface area (Å²) in [6.07, 6.45) is -0.883. The summed E-state index contributed by atoms with van der Waals surface area (Å²) >= 11 is 0. The lowest BCUT2D eigenvalue weighted by atomic mass is 9.72. The van der Waals surface area contributed by atoms with Crippen LogP contribution in [0.25, 0.3) is 0 Å². The lowest BCUT2D eigenvalue weighted by molar-refractivity contribution is -0.162. The van der Waals surface area contributed by atoms with E-state index >= 15 is 0 Å². The lowest BCUT2D eigenvalue weighted by Crippen LogP contribution is -2.42. The van der Waals surface area contributed by atoms with Crippen LogP contribution in [0.3, 0.4) is 0 Å². The van der Waals surface area contributed by atoms with E-state index in [4.69, 9.17) is 9.29 Å². The van der Waals surface area contributed by atoms with Gasteiger partial charge in [0.15, 0.2) is 12.7 Å². The summed E-state index contributed by atoms with van der Waals surface area (Å²) < 4.78 is 66.3. The molecule has 0 heterocycles. The summed E-state index contributed by atoms with van der Waals surface area (Å²) in [5.74, 6) is -4.01. The van der Waals surface area contributed by atoms with Crippen LogP contribution >= 0.6 is 0 Å². The normalized spacial score (nSPS) is 12.7. The topological polar surface area (TPSA) is 144 Å². The first-order valence-corrected chi connectivity index (χ1v) is 11.8. The molecule has 33 heavy (non-hydrogen) atoms. The summed E-state index contributed by atoms with van der Waals surface area (Å²) in [5, 5.41) is 5.05. The number of esters is 2. The number of halogens is 2. The first-order valence-electron chi connectivity index (χ1n) is 10.3. The summed E-state index contributed by atoms with van der Waals surface area (Å²) in [5.41, 5.74) is 2.08. The maximum Gasteiger partial charge on any atom is 0.405 e. The van der Waals surface area contributed by atoms with Gasteiger partial charge >= 0.3 is 33.3 Å². The maximum absolute atomic E-state index is 13.5. The number of carbonyl (C=O) groups is 3. The molecule has 0 aliphatic rings. The Bertz CT molecular complexity index is 1050. The van der Waals surface area contributed by atoms with Gasteiger partial charge in [0.2, 0.25) is 0 Å². The van der Waals surface area contributed by atoms with E-state index in [-0.39, 0.29) is 11.1 Å². The lowest BCUT2D eigenvalue weighted by Gasteiger charge is -2.23. The molecule has 1 rings (SSSR count). The van der Waals surface area contributed by atoms with Gasteiger partial charge in [0.05, 0.1) is 11.1 Å².